The Kier molecular flexibility index (Phi) is 7.86. The zero-order valence-corrected chi connectivity index (χ0v) is 13.0. The Morgan fingerprint density at radius 2 is 1.32 bits per heavy atom. The van der Waals surface area contributed by atoms with E-state index in [9.17, 15) is 0 Å². The molecule has 19 heavy (non-hydrogen) atoms. The van der Waals surface area contributed by atoms with Crippen molar-refractivity contribution in [2.75, 3.05) is 0 Å². The topological polar surface area (TPSA) is 0 Å². The van der Waals surface area contributed by atoms with Gasteiger partial charge in [-0.25, -0.2) is 0 Å². The summed E-state index contributed by atoms with van der Waals surface area (Å²) in [5.41, 5.74) is 1.58. The van der Waals surface area contributed by atoms with E-state index in [1.54, 1.807) is 0 Å². The maximum Gasteiger partial charge on any atom is -0.00466 e. The van der Waals surface area contributed by atoms with Gasteiger partial charge in [-0.05, 0) is 30.7 Å². The average Bonchev–Trinajstić information content (AvgIpc) is 2.45. The van der Waals surface area contributed by atoms with Crippen LogP contribution in [0, 0.1) is 6.92 Å². The Balaban J connectivity index is 2.61. The lowest BCUT2D eigenvalue weighted by Crippen LogP contribution is -2.22. The van der Waals surface area contributed by atoms with Crippen LogP contribution in [0.15, 0.2) is 30.3 Å². The zero-order valence-electron chi connectivity index (χ0n) is 13.0. The standard InChI is InChI=1S/C19H31/c1-4-6-8-13-17-19(3,16-12-7-5-2)18-14-10-9-11-15-18/h9-11,14-15H,3-8,12-13,16-17H2,1-2H3. The number of rotatable bonds is 10. The average molecular weight is 259 g/mol. The number of hydrogen-bond donors (Lipinski definition) is 0. The van der Waals surface area contributed by atoms with Gasteiger partial charge in [0.25, 0.3) is 0 Å². The fourth-order valence-electron chi connectivity index (χ4n) is 2.81. The van der Waals surface area contributed by atoms with Crippen molar-refractivity contribution in [1.29, 1.82) is 0 Å². The second kappa shape index (κ2) is 9.18. The molecule has 0 saturated carbocycles. The molecule has 1 aromatic carbocycles. The third kappa shape index (κ3) is 5.80. The van der Waals surface area contributed by atoms with E-state index in [1.165, 1.54) is 63.4 Å². The second-order valence-electron chi connectivity index (χ2n) is 5.91. The van der Waals surface area contributed by atoms with Crippen molar-refractivity contribution < 1.29 is 0 Å². The van der Waals surface area contributed by atoms with Crippen molar-refractivity contribution in [3.8, 4) is 0 Å². The van der Waals surface area contributed by atoms with E-state index in [0.29, 0.717) is 0 Å². The number of unbranched alkanes of at least 4 members (excludes halogenated alkanes) is 5. The largest absolute Gasteiger partial charge is 0.0654 e. The van der Waals surface area contributed by atoms with Gasteiger partial charge in [0.2, 0.25) is 0 Å². The first-order valence-electron chi connectivity index (χ1n) is 8.14. The molecule has 0 N–H and O–H groups in total. The molecule has 1 radical (unpaired) electrons. The number of hydrogen-bond acceptors (Lipinski definition) is 0. The molecule has 0 bridgehead atoms. The van der Waals surface area contributed by atoms with Gasteiger partial charge in [-0.15, -0.1) is 0 Å². The van der Waals surface area contributed by atoms with Gasteiger partial charge in [0.1, 0.15) is 0 Å². The highest BCUT2D eigenvalue weighted by Crippen LogP contribution is 2.34. The van der Waals surface area contributed by atoms with E-state index in [-0.39, 0.29) is 5.41 Å². The SMILES string of the molecule is [CH2]C(CCCCC)(CCCCCC)c1ccccc1. The normalized spacial score (nSPS) is 14.3. The molecule has 1 aromatic rings. The Labute approximate surface area is 120 Å². The van der Waals surface area contributed by atoms with Gasteiger partial charge in [-0.3, -0.25) is 0 Å². The Morgan fingerprint density at radius 1 is 0.789 bits per heavy atom. The van der Waals surface area contributed by atoms with Gasteiger partial charge in [0.15, 0.2) is 0 Å². The van der Waals surface area contributed by atoms with Crippen molar-refractivity contribution in [2.45, 2.75) is 77.0 Å². The van der Waals surface area contributed by atoms with E-state index in [4.69, 9.17) is 0 Å². The third-order valence-electron chi connectivity index (χ3n) is 4.15. The Bertz CT molecular complexity index is 314. The molecule has 0 nitrogen and oxygen atoms in total. The van der Waals surface area contributed by atoms with Crippen molar-refractivity contribution in [1.82, 2.24) is 0 Å². The van der Waals surface area contributed by atoms with Crippen molar-refractivity contribution in [3.05, 3.63) is 42.8 Å². The van der Waals surface area contributed by atoms with Crippen LogP contribution in [0.5, 0.6) is 0 Å². The minimum absolute atomic E-state index is 0.143. The van der Waals surface area contributed by atoms with Crippen molar-refractivity contribution in [2.24, 2.45) is 0 Å². The van der Waals surface area contributed by atoms with Gasteiger partial charge in [-0.2, -0.15) is 0 Å². The van der Waals surface area contributed by atoms with E-state index in [1.807, 2.05) is 0 Å². The second-order valence-corrected chi connectivity index (χ2v) is 5.91. The monoisotopic (exact) mass is 259 g/mol. The van der Waals surface area contributed by atoms with Crippen LogP contribution in [-0.4, -0.2) is 0 Å². The molecular weight excluding hydrogens is 228 g/mol. The highest BCUT2D eigenvalue weighted by Gasteiger charge is 2.25. The highest BCUT2D eigenvalue weighted by molar-refractivity contribution is 5.26. The summed E-state index contributed by atoms with van der Waals surface area (Å²) in [5, 5.41) is 0. The fourth-order valence-corrected chi connectivity index (χ4v) is 2.81. The summed E-state index contributed by atoms with van der Waals surface area (Å²) in [4.78, 5) is 0. The Morgan fingerprint density at radius 3 is 1.89 bits per heavy atom. The molecule has 1 atom stereocenters. The molecule has 0 heterocycles. The number of benzene rings is 1. The molecule has 1 rings (SSSR count). The summed E-state index contributed by atoms with van der Waals surface area (Å²) in [7, 11) is 0. The molecule has 0 aliphatic rings. The molecule has 1 unspecified atom stereocenters. The first-order chi connectivity index (χ1) is 9.23. The third-order valence-corrected chi connectivity index (χ3v) is 4.15. The van der Waals surface area contributed by atoms with Gasteiger partial charge in [0, 0.05) is 0 Å². The van der Waals surface area contributed by atoms with Crippen molar-refractivity contribution >= 4 is 0 Å². The van der Waals surface area contributed by atoms with Gasteiger partial charge >= 0.3 is 0 Å². The van der Waals surface area contributed by atoms with Crippen LogP contribution >= 0.6 is 0 Å². The molecule has 0 aliphatic carbocycles. The quantitative estimate of drug-likeness (QED) is 0.432. The zero-order chi connectivity index (χ0) is 14.0. The summed E-state index contributed by atoms with van der Waals surface area (Å²) >= 11 is 0. The predicted molar refractivity (Wildman–Crippen MR) is 86.4 cm³/mol. The lowest BCUT2D eigenvalue weighted by molar-refractivity contribution is 0.404. The van der Waals surface area contributed by atoms with Gasteiger partial charge in [-0.1, -0.05) is 89.1 Å². The van der Waals surface area contributed by atoms with E-state index >= 15 is 0 Å². The molecule has 0 amide bonds. The van der Waals surface area contributed by atoms with Crippen LogP contribution in [0.25, 0.3) is 0 Å². The van der Waals surface area contributed by atoms with E-state index < -0.39 is 0 Å². The highest BCUT2D eigenvalue weighted by atomic mass is 14.3. The molecule has 0 aliphatic heterocycles. The van der Waals surface area contributed by atoms with Crippen molar-refractivity contribution in [3.63, 3.8) is 0 Å². The predicted octanol–water partition coefficient (Wildman–Crippen LogP) is 6.31. The van der Waals surface area contributed by atoms with Gasteiger partial charge in [0.05, 0.1) is 0 Å². The molecule has 0 saturated heterocycles. The molecule has 0 fully saturated rings. The molecule has 0 heteroatoms. The minimum Gasteiger partial charge on any atom is -0.0654 e. The maximum atomic E-state index is 4.61. The van der Waals surface area contributed by atoms with Crippen LogP contribution in [-0.2, 0) is 5.41 Å². The summed E-state index contributed by atoms with van der Waals surface area (Å²) < 4.78 is 0. The summed E-state index contributed by atoms with van der Waals surface area (Å²) in [6, 6.07) is 10.9. The molecule has 0 aromatic heterocycles. The lowest BCUT2D eigenvalue weighted by atomic mass is 9.74. The van der Waals surface area contributed by atoms with Crippen LogP contribution in [0.2, 0.25) is 0 Å². The smallest absolute Gasteiger partial charge is 0.00466 e. The van der Waals surface area contributed by atoms with Crippen LogP contribution in [0.3, 0.4) is 0 Å². The summed E-state index contributed by atoms with van der Waals surface area (Å²) in [5.74, 6) is 0. The van der Waals surface area contributed by atoms with Crippen LogP contribution < -0.4 is 0 Å². The lowest BCUT2D eigenvalue weighted by Gasteiger charge is -2.30. The molecule has 107 valence electrons. The minimum atomic E-state index is 0.143. The Hall–Kier alpha value is -0.780. The van der Waals surface area contributed by atoms with Gasteiger partial charge < -0.3 is 0 Å². The van der Waals surface area contributed by atoms with E-state index in [0.717, 1.165) is 0 Å². The maximum absolute atomic E-state index is 4.61. The van der Waals surface area contributed by atoms with E-state index in [2.05, 4.69) is 51.1 Å². The summed E-state index contributed by atoms with van der Waals surface area (Å²) in [6.45, 7) is 9.16. The molecule has 0 spiro atoms. The van der Waals surface area contributed by atoms with Crippen LogP contribution in [0.4, 0.5) is 0 Å². The first kappa shape index (κ1) is 16.3. The first-order valence-corrected chi connectivity index (χ1v) is 8.14. The summed E-state index contributed by atoms with van der Waals surface area (Å²) in [6.07, 6.45) is 11.7. The fraction of sp³-hybridized carbons (Fsp3) is 0.632. The van der Waals surface area contributed by atoms with Crippen LogP contribution in [0.1, 0.15) is 77.2 Å². The molecular formula is C19H31.